The van der Waals surface area contributed by atoms with Crippen LogP contribution in [0.4, 0.5) is 0 Å². The number of unbranched alkanes of at least 4 members (excludes halogenated alkanes) is 5. The molecule has 0 radical (unpaired) electrons. The largest absolute Gasteiger partial charge is 0.255 e. The molecule has 0 unspecified atom stereocenters. The van der Waals surface area contributed by atoms with Gasteiger partial charge in [-0.2, -0.15) is 0 Å². The zero-order valence-corrected chi connectivity index (χ0v) is 20.2. The van der Waals surface area contributed by atoms with Crippen molar-refractivity contribution in [3.63, 3.8) is 0 Å². The van der Waals surface area contributed by atoms with Crippen LogP contribution in [0.15, 0.2) is 55.0 Å². The van der Waals surface area contributed by atoms with Crippen molar-refractivity contribution in [2.24, 2.45) is 5.92 Å². The lowest BCUT2D eigenvalue weighted by Gasteiger charge is -2.06. The average Bonchev–Trinajstić information content (AvgIpc) is 2.82. The van der Waals surface area contributed by atoms with Gasteiger partial charge in [-0.1, -0.05) is 83.6 Å². The van der Waals surface area contributed by atoms with Gasteiger partial charge in [-0.3, -0.25) is 4.98 Å². The Kier molecular flexibility index (Phi) is 9.87. The maximum Gasteiger partial charge on any atom is 0.160 e. The molecule has 0 aliphatic heterocycles. The first-order chi connectivity index (χ1) is 15.7. The van der Waals surface area contributed by atoms with E-state index in [4.69, 9.17) is 0 Å². The number of pyridine rings is 1. The molecule has 3 aromatic rings. The molecule has 0 atom stereocenters. The van der Waals surface area contributed by atoms with Crippen LogP contribution in [0, 0.1) is 5.92 Å². The van der Waals surface area contributed by atoms with Crippen LogP contribution >= 0.6 is 0 Å². The molecule has 2 heterocycles. The van der Waals surface area contributed by atoms with E-state index in [2.05, 4.69) is 72.1 Å². The molecular weight excluding hydrogens is 390 g/mol. The summed E-state index contributed by atoms with van der Waals surface area (Å²) in [6, 6.07) is 13.0. The fraction of sp³-hybridized carbons (Fsp3) is 0.483. The third kappa shape index (κ3) is 7.85. The second kappa shape index (κ2) is 13.1. The number of hydrogen-bond acceptors (Lipinski definition) is 3. The summed E-state index contributed by atoms with van der Waals surface area (Å²) >= 11 is 0. The van der Waals surface area contributed by atoms with Crippen molar-refractivity contribution < 1.29 is 0 Å². The molecule has 0 aliphatic rings. The molecule has 2 aromatic heterocycles. The van der Waals surface area contributed by atoms with Crippen LogP contribution < -0.4 is 0 Å². The van der Waals surface area contributed by atoms with E-state index in [1.54, 1.807) is 0 Å². The molecule has 0 bridgehead atoms. The number of aryl methyl sites for hydroxylation is 2. The lowest BCUT2D eigenvalue weighted by molar-refractivity contribution is 0.527. The maximum atomic E-state index is 4.67. The summed E-state index contributed by atoms with van der Waals surface area (Å²) in [5, 5.41) is 0. The molecule has 170 valence electrons. The first-order valence-corrected chi connectivity index (χ1v) is 12.5. The molecule has 0 saturated carbocycles. The van der Waals surface area contributed by atoms with Gasteiger partial charge in [0, 0.05) is 29.7 Å². The average molecular weight is 430 g/mol. The molecule has 0 amide bonds. The zero-order valence-electron chi connectivity index (χ0n) is 20.2. The SMILES string of the molecule is CCCCCCc1ccc(-c2ccc(-c3ncc(CCCCCC(C)C)cn3)cn2)cc1. The summed E-state index contributed by atoms with van der Waals surface area (Å²) in [6.45, 7) is 6.84. The monoisotopic (exact) mass is 429 g/mol. The van der Waals surface area contributed by atoms with Crippen LogP contribution in [-0.2, 0) is 12.8 Å². The molecule has 1 aromatic carbocycles. The minimum absolute atomic E-state index is 0.745. The van der Waals surface area contributed by atoms with Crippen molar-refractivity contribution in [3.05, 3.63) is 66.1 Å². The minimum atomic E-state index is 0.745. The summed E-state index contributed by atoms with van der Waals surface area (Å²) in [5.41, 5.74) is 5.74. The fourth-order valence-electron chi connectivity index (χ4n) is 3.99. The Labute approximate surface area is 194 Å². The van der Waals surface area contributed by atoms with Crippen LogP contribution in [0.3, 0.4) is 0 Å². The summed E-state index contributed by atoms with van der Waals surface area (Å²) in [7, 11) is 0. The van der Waals surface area contributed by atoms with Crippen molar-refractivity contribution in [2.45, 2.75) is 85.0 Å². The standard InChI is InChI=1S/C29H39N3/c1-4-5-6-9-12-24-14-16-26(17-15-24)28-19-18-27(22-30-28)29-31-20-25(21-32-29)13-10-7-8-11-23(2)3/h14-23H,4-13H2,1-3H3. The first-order valence-electron chi connectivity index (χ1n) is 12.5. The van der Waals surface area contributed by atoms with Gasteiger partial charge in [0.1, 0.15) is 0 Å². The van der Waals surface area contributed by atoms with Crippen molar-refractivity contribution in [1.82, 2.24) is 15.0 Å². The van der Waals surface area contributed by atoms with Gasteiger partial charge in [0.25, 0.3) is 0 Å². The summed E-state index contributed by atoms with van der Waals surface area (Å²) in [5.74, 6) is 1.55. The van der Waals surface area contributed by atoms with Crippen molar-refractivity contribution in [2.75, 3.05) is 0 Å². The van der Waals surface area contributed by atoms with Crippen LogP contribution in [0.5, 0.6) is 0 Å². The van der Waals surface area contributed by atoms with Gasteiger partial charge in [-0.05, 0) is 54.9 Å². The topological polar surface area (TPSA) is 38.7 Å². The van der Waals surface area contributed by atoms with Gasteiger partial charge in [-0.15, -0.1) is 0 Å². The second-order valence-electron chi connectivity index (χ2n) is 9.35. The molecular formula is C29H39N3. The van der Waals surface area contributed by atoms with Gasteiger partial charge < -0.3 is 0 Å². The van der Waals surface area contributed by atoms with Gasteiger partial charge in [0.2, 0.25) is 0 Å². The summed E-state index contributed by atoms with van der Waals surface area (Å²) in [6.07, 6.45) is 18.4. The molecule has 3 heteroatoms. The highest BCUT2D eigenvalue weighted by Gasteiger charge is 2.05. The Morgan fingerprint density at radius 3 is 1.91 bits per heavy atom. The van der Waals surface area contributed by atoms with Gasteiger partial charge in [-0.25, -0.2) is 9.97 Å². The van der Waals surface area contributed by atoms with E-state index in [9.17, 15) is 0 Å². The second-order valence-corrected chi connectivity index (χ2v) is 9.35. The maximum absolute atomic E-state index is 4.67. The Morgan fingerprint density at radius 2 is 1.28 bits per heavy atom. The zero-order chi connectivity index (χ0) is 22.6. The van der Waals surface area contributed by atoms with Crippen molar-refractivity contribution in [1.29, 1.82) is 0 Å². The van der Waals surface area contributed by atoms with Crippen LogP contribution in [0.25, 0.3) is 22.6 Å². The molecule has 32 heavy (non-hydrogen) atoms. The Hall–Kier alpha value is -2.55. The highest BCUT2D eigenvalue weighted by Crippen LogP contribution is 2.22. The highest BCUT2D eigenvalue weighted by atomic mass is 14.9. The number of aromatic nitrogens is 3. The Balaban J connectivity index is 1.51. The van der Waals surface area contributed by atoms with Gasteiger partial charge in [0.15, 0.2) is 5.82 Å². The molecule has 0 saturated heterocycles. The number of rotatable bonds is 13. The van der Waals surface area contributed by atoms with Crippen molar-refractivity contribution in [3.8, 4) is 22.6 Å². The number of benzene rings is 1. The molecule has 0 spiro atoms. The molecule has 0 aliphatic carbocycles. The lowest BCUT2D eigenvalue weighted by Crippen LogP contribution is -1.95. The quantitative estimate of drug-likeness (QED) is 0.258. The Bertz CT molecular complexity index is 897. The molecule has 3 nitrogen and oxygen atoms in total. The van der Waals surface area contributed by atoms with E-state index in [1.807, 2.05) is 18.6 Å². The Morgan fingerprint density at radius 1 is 0.625 bits per heavy atom. The van der Waals surface area contributed by atoms with Crippen LogP contribution in [-0.4, -0.2) is 15.0 Å². The lowest BCUT2D eigenvalue weighted by atomic mass is 10.0. The van der Waals surface area contributed by atoms with E-state index in [-0.39, 0.29) is 0 Å². The fourth-order valence-corrected chi connectivity index (χ4v) is 3.99. The van der Waals surface area contributed by atoms with E-state index in [1.165, 1.54) is 62.5 Å². The van der Waals surface area contributed by atoms with E-state index in [0.717, 1.165) is 41.4 Å². The minimum Gasteiger partial charge on any atom is -0.255 e. The van der Waals surface area contributed by atoms with Crippen LogP contribution in [0.2, 0.25) is 0 Å². The predicted molar refractivity (Wildman–Crippen MR) is 136 cm³/mol. The van der Waals surface area contributed by atoms with E-state index >= 15 is 0 Å². The normalized spacial score (nSPS) is 11.2. The van der Waals surface area contributed by atoms with Crippen LogP contribution in [0.1, 0.15) is 83.3 Å². The van der Waals surface area contributed by atoms with E-state index in [0.29, 0.717) is 0 Å². The molecule has 0 N–H and O–H groups in total. The van der Waals surface area contributed by atoms with E-state index < -0.39 is 0 Å². The number of hydrogen-bond donors (Lipinski definition) is 0. The molecule has 0 fully saturated rings. The molecule has 3 rings (SSSR count). The first kappa shape index (κ1) is 24.1. The number of nitrogens with zero attached hydrogens (tertiary/aromatic N) is 3. The smallest absolute Gasteiger partial charge is 0.160 e. The van der Waals surface area contributed by atoms with Gasteiger partial charge in [0.05, 0.1) is 5.69 Å². The third-order valence-corrected chi connectivity index (χ3v) is 6.04. The predicted octanol–water partition coefficient (Wildman–Crippen LogP) is 8.09. The van der Waals surface area contributed by atoms with Crippen molar-refractivity contribution >= 4 is 0 Å². The highest BCUT2D eigenvalue weighted by molar-refractivity contribution is 5.63. The summed E-state index contributed by atoms with van der Waals surface area (Å²) < 4.78 is 0. The third-order valence-electron chi connectivity index (χ3n) is 6.04. The van der Waals surface area contributed by atoms with Gasteiger partial charge >= 0.3 is 0 Å². The summed E-state index contributed by atoms with van der Waals surface area (Å²) in [4.78, 5) is 13.8.